The van der Waals surface area contributed by atoms with E-state index in [9.17, 15) is 14.7 Å². The third-order valence-corrected chi connectivity index (χ3v) is 4.55. The Labute approximate surface area is 149 Å². The summed E-state index contributed by atoms with van der Waals surface area (Å²) in [6.07, 6.45) is 0. The largest absolute Gasteiger partial charge is 0.545 e. The summed E-state index contributed by atoms with van der Waals surface area (Å²) in [6.45, 7) is 3.81. The predicted octanol–water partition coefficient (Wildman–Crippen LogP) is 3.59. The van der Waals surface area contributed by atoms with Crippen LogP contribution in [0.1, 0.15) is 21.5 Å². The first kappa shape index (κ1) is 16.1. The van der Waals surface area contributed by atoms with Crippen LogP contribution in [0.5, 0.6) is 0 Å². The number of hydrogen-bond acceptors (Lipinski definition) is 4. The maximum absolute atomic E-state index is 12.6. The molecular formula is C22H15O4-. The molecule has 0 saturated carbocycles. The molecule has 4 aromatic rings. The van der Waals surface area contributed by atoms with Crippen molar-refractivity contribution in [3.63, 3.8) is 0 Å². The number of benzene rings is 3. The molecule has 0 fully saturated rings. The third kappa shape index (κ3) is 2.47. The predicted molar refractivity (Wildman–Crippen MR) is 99.2 cm³/mol. The van der Waals surface area contributed by atoms with Crippen molar-refractivity contribution < 1.29 is 14.3 Å². The Hall–Kier alpha value is -3.40. The fourth-order valence-corrected chi connectivity index (χ4v) is 3.46. The van der Waals surface area contributed by atoms with E-state index in [0.29, 0.717) is 27.7 Å². The molecule has 0 aliphatic heterocycles. The lowest BCUT2D eigenvalue weighted by Crippen LogP contribution is -2.22. The lowest BCUT2D eigenvalue weighted by atomic mass is 9.97. The van der Waals surface area contributed by atoms with Crippen molar-refractivity contribution in [3.05, 3.63) is 81.5 Å². The molecule has 0 amide bonds. The van der Waals surface area contributed by atoms with E-state index in [1.165, 1.54) is 12.1 Å². The number of carbonyl (C=O) groups excluding carboxylic acids is 1. The standard InChI is InChI=1S/C22H16O4/c1-12-9-13(2)21-17(10-12)18(23)11-19(26-21)15-7-3-5-14-6-4-8-16(20(14)15)22(24)25/h3-11H,1-2H3,(H,24,25)/p-1. The fraction of sp³-hybridized carbons (Fsp3) is 0.0909. The minimum absolute atomic E-state index is 0.0708. The van der Waals surface area contributed by atoms with Gasteiger partial charge in [0.25, 0.3) is 0 Å². The van der Waals surface area contributed by atoms with Crippen LogP contribution in [0.3, 0.4) is 0 Å². The summed E-state index contributed by atoms with van der Waals surface area (Å²) < 4.78 is 6.04. The van der Waals surface area contributed by atoms with Crippen LogP contribution in [0.2, 0.25) is 0 Å². The van der Waals surface area contributed by atoms with Crippen LogP contribution in [0.15, 0.2) is 63.8 Å². The van der Waals surface area contributed by atoms with Crippen molar-refractivity contribution in [1.82, 2.24) is 0 Å². The van der Waals surface area contributed by atoms with E-state index in [0.717, 1.165) is 16.5 Å². The van der Waals surface area contributed by atoms with Gasteiger partial charge < -0.3 is 14.3 Å². The molecule has 0 unspecified atom stereocenters. The molecule has 0 atom stereocenters. The summed E-state index contributed by atoms with van der Waals surface area (Å²) >= 11 is 0. The second kappa shape index (κ2) is 5.85. The van der Waals surface area contributed by atoms with Gasteiger partial charge in [-0.3, -0.25) is 4.79 Å². The molecule has 0 bridgehead atoms. The van der Waals surface area contributed by atoms with Gasteiger partial charge in [-0.1, -0.05) is 42.5 Å². The Bertz CT molecular complexity index is 1240. The van der Waals surface area contributed by atoms with Gasteiger partial charge in [0, 0.05) is 22.6 Å². The van der Waals surface area contributed by atoms with E-state index in [4.69, 9.17) is 4.42 Å². The molecule has 26 heavy (non-hydrogen) atoms. The lowest BCUT2D eigenvalue weighted by Gasteiger charge is -2.13. The van der Waals surface area contributed by atoms with Gasteiger partial charge >= 0.3 is 0 Å². The minimum Gasteiger partial charge on any atom is -0.545 e. The number of carboxylic acid groups (broad SMARTS) is 1. The zero-order valence-electron chi connectivity index (χ0n) is 14.3. The Kier molecular flexibility index (Phi) is 3.62. The average molecular weight is 343 g/mol. The van der Waals surface area contributed by atoms with Crippen LogP contribution in [-0.4, -0.2) is 5.97 Å². The maximum Gasteiger partial charge on any atom is 0.193 e. The molecule has 4 nitrogen and oxygen atoms in total. The fourth-order valence-electron chi connectivity index (χ4n) is 3.46. The van der Waals surface area contributed by atoms with Crippen molar-refractivity contribution in [1.29, 1.82) is 0 Å². The Morgan fingerprint density at radius 3 is 2.46 bits per heavy atom. The number of carboxylic acids is 1. The maximum atomic E-state index is 12.6. The summed E-state index contributed by atoms with van der Waals surface area (Å²) in [4.78, 5) is 24.2. The molecule has 4 rings (SSSR count). The van der Waals surface area contributed by atoms with Crippen LogP contribution >= 0.6 is 0 Å². The molecule has 0 N–H and O–H groups in total. The number of carbonyl (C=O) groups is 1. The van der Waals surface area contributed by atoms with Crippen LogP contribution in [0, 0.1) is 13.8 Å². The molecule has 0 radical (unpaired) electrons. The van der Waals surface area contributed by atoms with Crippen molar-refractivity contribution in [2.24, 2.45) is 0 Å². The quantitative estimate of drug-likeness (QED) is 0.558. The van der Waals surface area contributed by atoms with Gasteiger partial charge in [-0.05, 0) is 36.4 Å². The lowest BCUT2D eigenvalue weighted by molar-refractivity contribution is -0.254. The van der Waals surface area contributed by atoms with E-state index in [1.54, 1.807) is 18.2 Å². The molecule has 0 aliphatic rings. The summed E-state index contributed by atoms with van der Waals surface area (Å²) in [5.41, 5.74) is 2.83. The van der Waals surface area contributed by atoms with E-state index in [1.807, 2.05) is 38.1 Å². The van der Waals surface area contributed by atoms with Gasteiger partial charge in [0.1, 0.15) is 11.3 Å². The highest BCUT2D eigenvalue weighted by Gasteiger charge is 2.14. The second-order valence-electron chi connectivity index (χ2n) is 6.43. The van der Waals surface area contributed by atoms with Gasteiger partial charge in [0.05, 0.1) is 11.4 Å². The zero-order valence-corrected chi connectivity index (χ0v) is 14.3. The first-order valence-electron chi connectivity index (χ1n) is 8.24. The topological polar surface area (TPSA) is 70.3 Å². The van der Waals surface area contributed by atoms with Crippen LogP contribution in [0.25, 0.3) is 33.1 Å². The average Bonchev–Trinajstić information content (AvgIpc) is 2.61. The van der Waals surface area contributed by atoms with Crippen LogP contribution < -0.4 is 10.5 Å². The zero-order chi connectivity index (χ0) is 18.4. The Morgan fingerprint density at radius 2 is 1.73 bits per heavy atom. The molecule has 1 heterocycles. The highest BCUT2D eigenvalue weighted by Crippen LogP contribution is 2.32. The van der Waals surface area contributed by atoms with Gasteiger partial charge in [-0.15, -0.1) is 0 Å². The number of aryl methyl sites for hydroxylation is 2. The molecule has 128 valence electrons. The SMILES string of the molecule is Cc1cc(C)c2oc(-c3cccc4cccc(C(=O)[O-])c34)cc(=O)c2c1. The highest BCUT2D eigenvalue weighted by molar-refractivity contribution is 6.09. The monoisotopic (exact) mass is 343 g/mol. The summed E-state index contributed by atoms with van der Waals surface area (Å²) in [7, 11) is 0. The van der Waals surface area contributed by atoms with E-state index in [2.05, 4.69) is 0 Å². The summed E-state index contributed by atoms with van der Waals surface area (Å²) in [5, 5.41) is 13.3. The second-order valence-corrected chi connectivity index (χ2v) is 6.43. The molecule has 1 aromatic heterocycles. The molecule has 4 heteroatoms. The van der Waals surface area contributed by atoms with E-state index < -0.39 is 5.97 Å². The first-order valence-corrected chi connectivity index (χ1v) is 8.24. The highest BCUT2D eigenvalue weighted by atomic mass is 16.4. The summed E-state index contributed by atoms with van der Waals surface area (Å²) in [6, 6.07) is 15.5. The molecule has 0 saturated heterocycles. The molecule has 3 aromatic carbocycles. The normalized spacial score (nSPS) is 11.2. The minimum atomic E-state index is -1.27. The number of hydrogen-bond donors (Lipinski definition) is 0. The Balaban J connectivity index is 2.11. The van der Waals surface area contributed by atoms with Crippen molar-refractivity contribution in [2.45, 2.75) is 13.8 Å². The van der Waals surface area contributed by atoms with E-state index >= 15 is 0 Å². The van der Waals surface area contributed by atoms with Crippen LogP contribution in [0.4, 0.5) is 0 Å². The van der Waals surface area contributed by atoms with Gasteiger partial charge in [0.15, 0.2) is 5.43 Å². The summed E-state index contributed by atoms with van der Waals surface area (Å²) in [5.74, 6) is -0.924. The van der Waals surface area contributed by atoms with Crippen LogP contribution in [-0.2, 0) is 0 Å². The van der Waals surface area contributed by atoms with Crippen molar-refractivity contribution >= 4 is 27.7 Å². The van der Waals surface area contributed by atoms with Gasteiger partial charge in [-0.2, -0.15) is 0 Å². The molecule has 0 aliphatic carbocycles. The molecular weight excluding hydrogens is 328 g/mol. The Morgan fingerprint density at radius 1 is 1.00 bits per heavy atom. The van der Waals surface area contributed by atoms with Crippen molar-refractivity contribution in [2.75, 3.05) is 0 Å². The van der Waals surface area contributed by atoms with Gasteiger partial charge in [0.2, 0.25) is 0 Å². The number of fused-ring (bicyclic) bond motifs is 2. The smallest absolute Gasteiger partial charge is 0.193 e. The number of aromatic carboxylic acids is 1. The van der Waals surface area contributed by atoms with Gasteiger partial charge in [-0.25, -0.2) is 0 Å². The first-order chi connectivity index (χ1) is 12.5. The van der Waals surface area contributed by atoms with E-state index in [-0.39, 0.29) is 11.0 Å². The molecule has 0 spiro atoms. The van der Waals surface area contributed by atoms with Crippen molar-refractivity contribution in [3.8, 4) is 11.3 Å². The number of rotatable bonds is 2. The third-order valence-electron chi connectivity index (χ3n) is 4.55.